The Labute approximate surface area is 119 Å². The average molecular weight is 292 g/mol. The van der Waals surface area contributed by atoms with Gasteiger partial charge in [0.25, 0.3) is 5.91 Å². The van der Waals surface area contributed by atoms with Crippen LogP contribution in [0.4, 0.5) is 4.39 Å². The summed E-state index contributed by atoms with van der Waals surface area (Å²) in [6, 6.07) is -0.754. The zero-order valence-electron chi connectivity index (χ0n) is 11.1. The largest absolute Gasteiger partial charge is 0.515 e. The Balaban J connectivity index is 1.85. The van der Waals surface area contributed by atoms with Crippen molar-refractivity contribution < 1.29 is 23.9 Å². The number of carbonyl (C=O) groups is 3. The van der Waals surface area contributed by atoms with Gasteiger partial charge in [-0.3, -0.25) is 19.7 Å². The number of hydrogen-bond acceptors (Lipinski definition) is 4. The number of allylic oxidation sites excluding steroid dienone is 2. The number of amides is 3. The minimum absolute atomic E-state index is 0.0229. The van der Waals surface area contributed by atoms with Crippen molar-refractivity contribution in [2.75, 3.05) is 6.54 Å². The summed E-state index contributed by atoms with van der Waals surface area (Å²) in [4.78, 5) is 36.6. The number of halogens is 1. The van der Waals surface area contributed by atoms with Gasteiger partial charge in [0, 0.05) is 13.0 Å². The van der Waals surface area contributed by atoms with Crippen LogP contribution in [-0.4, -0.2) is 40.3 Å². The highest BCUT2D eigenvalue weighted by Gasteiger charge is 2.42. The molecule has 0 aromatic rings. The molecule has 110 valence electrons. The van der Waals surface area contributed by atoms with Crippen LogP contribution in [0.3, 0.4) is 0 Å². The highest BCUT2D eigenvalue weighted by Crippen LogP contribution is 2.36. The molecular formula is C14H13FN2O4. The molecule has 3 amide bonds. The van der Waals surface area contributed by atoms with Gasteiger partial charge in [-0.2, -0.15) is 0 Å². The van der Waals surface area contributed by atoms with Crippen molar-refractivity contribution >= 4 is 17.7 Å². The maximum absolute atomic E-state index is 14.0. The summed E-state index contributed by atoms with van der Waals surface area (Å²) < 4.78 is 14.0. The normalized spacial score (nSPS) is 28.0. The fourth-order valence-corrected chi connectivity index (χ4v) is 2.91. The van der Waals surface area contributed by atoms with E-state index in [0.29, 0.717) is 11.1 Å². The molecule has 1 aliphatic carbocycles. The summed E-state index contributed by atoms with van der Waals surface area (Å²) >= 11 is 0. The lowest BCUT2D eigenvalue weighted by Gasteiger charge is -2.29. The molecular weight excluding hydrogens is 279 g/mol. The number of carbonyl (C=O) groups excluding carboxylic acids is 3. The van der Waals surface area contributed by atoms with Crippen LogP contribution in [0.5, 0.6) is 0 Å². The Hall–Kier alpha value is -2.44. The first-order valence-electron chi connectivity index (χ1n) is 6.58. The first kappa shape index (κ1) is 13.5. The number of nitrogens with one attached hydrogen (secondary N) is 1. The summed E-state index contributed by atoms with van der Waals surface area (Å²) in [6.45, 7) is 0.138. The molecule has 3 aliphatic rings. The molecule has 0 aromatic heterocycles. The van der Waals surface area contributed by atoms with Crippen LogP contribution in [0, 0.1) is 0 Å². The van der Waals surface area contributed by atoms with Crippen molar-refractivity contribution in [3.8, 4) is 0 Å². The van der Waals surface area contributed by atoms with E-state index in [-0.39, 0.29) is 37.3 Å². The first-order chi connectivity index (χ1) is 10.0. The molecule has 1 fully saturated rings. The van der Waals surface area contributed by atoms with Crippen LogP contribution < -0.4 is 5.32 Å². The molecule has 7 heteroatoms. The summed E-state index contributed by atoms with van der Waals surface area (Å²) in [5.41, 5.74) is 0.902. The Morgan fingerprint density at radius 3 is 2.81 bits per heavy atom. The number of imide groups is 1. The van der Waals surface area contributed by atoms with Gasteiger partial charge in [-0.15, -0.1) is 0 Å². The lowest BCUT2D eigenvalue weighted by atomic mass is 9.95. The van der Waals surface area contributed by atoms with E-state index in [1.54, 1.807) is 0 Å². The molecule has 21 heavy (non-hydrogen) atoms. The third-order valence-corrected chi connectivity index (χ3v) is 3.91. The lowest BCUT2D eigenvalue weighted by Crippen LogP contribution is -2.53. The van der Waals surface area contributed by atoms with Crippen molar-refractivity contribution in [1.82, 2.24) is 10.2 Å². The smallest absolute Gasteiger partial charge is 0.257 e. The lowest BCUT2D eigenvalue weighted by molar-refractivity contribution is -0.142. The van der Waals surface area contributed by atoms with Crippen LogP contribution in [-0.2, 0) is 14.4 Å². The van der Waals surface area contributed by atoms with E-state index in [4.69, 9.17) is 5.11 Å². The van der Waals surface area contributed by atoms with Crippen LogP contribution in [0.1, 0.15) is 19.3 Å². The molecule has 0 spiro atoms. The third kappa shape index (κ3) is 2.14. The van der Waals surface area contributed by atoms with Crippen LogP contribution in [0.25, 0.3) is 0 Å². The molecule has 0 saturated carbocycles. The van der Waals surface area contributed by atoms with Gasteiger partial charge in [-0.05, 0) is 30.1 Å². The summed E-state index contributed by atoms with van der Waals surface area (Å²) in [5, 5.41) is 11.2. The van der Waals surface area contributed by atoms with Crippen LogP contribution >= 0.6 is 0 Å². The number of aliphatic hydroxyl groups is 1. The highest BCUT2D eigenvalue weighted by molar-refractivity contribution is 6.06. The van der Waals surface area contributed by atoms with Gasteiger partial charge in [0.15, 0.2) is 0 Å². The molecule has 0 radical (unpaired) electrons. The Bertz CT molecular complexity index is 647. The fourth-order valence-electron chi connectivity index (χ4n) is 2.91. The van der Waals surface area contributed by atoms with Gasteiger partial charge in [0.05, 0.1) is 11.8 Å². The van der Waals surface area contributed by atoms with Gasteiger partial charge in [0.2, 0.25) is 11.8 Å². The van der Waals surface area contributed by atoms with E-state index in [2.05, 4.69) is 5.32 Å². The van der Waals surface area contributed by atoms with Crippen molar-refractivity contribution in [2.45, 2.75) is 25.3 Å². The van der Waals surface area contributed by atoms with Crippen molar-refractivity contribution in [1.29, 1.82) is 0 Å². The van der Waals surface area contributed by atoms with E-state index >= 15 is 0 Å². The predicted molar refractivity (Wildman–Crippen MR) is 69.4 cm³/mol. The minimum atomic E-state index is -0.754. The van der Waals surface area contributed by atoms with Gasteiger partial charge in [-0.1, -0.05) is 0 Å². The SMILES string of the molecule is O=C1CCC(N2CC3=C(C2=O)C(F)=CC(=CO)C3)C(=O)N1. The van der Waals surface area contributed by atoms with Crippen molar-refractivity contribution in [2.24, 2.45) is 0 Å². The zero-order chi connectivity index (χ0) is 15.1. The molecule has 3 rings (SSSR count). The van der Waals surface area contributed by atoms with Gasteiger partial charge in [-0.25, -0.2) is 4.39 Å². The monoisotopic (exact) mass is 292 g/mol. The second-order valence-electron chi connectivity index (χ2n) is 5.25. The number of hydrogen-bond donors (Lipinski definition) is 2. The zero-order valence-corrected chi connectivity index (χ0v) is 11.1. The average Bonchev–Trinajstić information content (AvgIpc) is 2.76. The molecule has 0 aromatic carbocycles. The number of aliphatic hydroxyl groups excluding tert-OH is 1. The standard InChI is InChI=1S/C14H13FN2O4/c15-9-4-7(6-18)3-8-5-17(14(21)12(8)9)10-1-2-11(19)16-13(10)20/h4,6,10,18H,1-3,5H2,(H,16,19,20). The van der Waals surface area contributed by atoms with Crippen molar-refractivity contribution in [3.05, 3.63) is 34.9 Å². The van der Waals surface area contributed by atoms with E-state index in [1.807, 2.05) is 0 Å². The molecule has 1 saturated heterocycles. The molecule has 1 unspecified atom stereocenters. The Morgan fingerprint density at radius 1 is 1.38 bits per heavy atom. The van der Waals surface area contributed by atoms with E-state index < -0.39 is 23.7 Å². The number of nitrogens with zero attached hydrogens (tertiary/aromatic N) is 1. The van der Waals surface area contributed by atoms with Gasteiger partial charge in [0.1, 0.15) is 11.9 Å². The topological polar surface area (TPSA) is 86.7 Å². The molecule has 0 bridgehead atoms. The van der Waals surface area contributed by atoms with Crippen LogP contribution in [0.15, 0.2) is 34.9 Å². The minimum Gasteiger partial charge on any atom is -0.515 e. The number of piperidine rings is 1. The van der Waals surface area contributed by atoms with Crippen LogP contribution in [0.2, 0.25) is 0 Å². The first-order valence-corrected chi connectivity index (χ1v) is 6.58. The summed E-state index contributed by atoms with van der Waals surface area (Å²) in [5.74, 6) is -2.12. The van der Waals surface area contributed by atoms with E-state index in [1.165, 1.54) is 4.90 Å². The molecule has 2 N–H and O–H groups in total. The molecule has 1 atom stereocenters. The maximum Gasteiger partial charge on any atom is 0.257 e. The molecule has 2 heterocycles. The van der Waals surface area contributed by atoms with Crippen molar-refractivity contribution in [3.63, 3.8) is 0 Å². The van der Waals surface area contributed by atoms with E-state index in [9.17, 15) is 18.8 Å². The quantitative estimate of drug-likeness (QED) is 0.548. The number of rotatable bonds is 1. The summed E-state index contributed by atoms with van der Waals surface area (Å²) in [6.07, 6.45) is 2.60. The fraction of sp³-hybridized carbons (Fsp3) is 0.357. The second-order valence-corrected chi connectivity index (χ2v) is 5.25. The predicted octanol–water partition coefficient (Wildman–Crippen LogP) is 0.629. The Kier molecular flexibility index (Phi) is 3.12. The van der Waals surface area contributed by atoms with E-state index in [0.717, 1.165) is 12.3 Å². The molecule has 6 nitrogen and oxygen atoms in total. The second kappa shape index (κ2) is 4.83. The maximum atomic E-state index is 14.0. The van der Waals surface area contributed by atoms with Gasteiger partial charge < -0.3 is 10.0 Å². The summed E-state index contributed by atoms with van der Waals surface area (Å²) in [7, 11) is 0. The highest BCUT2D eigenvalue weighted by atomic mass is 19.1. The molecule has 2 aliphatic heterocycles. The Morgan fingerprint density at radius 2 is 2.14 bits per heavy atom. The third-order valence-electron chi connectivity index (χ3n) is 3.91. The van der Waals surface area contributed by atoms with Gasteiger partial charge >= 0.3 is 0 Å².